The Morgan fingerprint density at radius 2 is 1.04 bits per heavy atom. The number of hydrogen-bond donors (Lipinski definition) is 0. The summed E-state index contributed by atoms with van der Waals surface area (Å²) < 4.78 is 2.40. The SMILES string of the molecule is CC1(C)c2ccccc2-c2ccc(-c3nc(-c4ccccc4)nc(-c4c5ccccc5cc5c4c4ccccc4n5-c4cccc(-c5ccccc5)c4)n3)cc21. The molecule has 0 bridgehead atoms. The van der Waals surface area contributed by atoms with E-state index in [9.17, 15) is 0 Å². The van der Waals surface area contributed by atoms with Crippen molar-refractivity contribution in [2.45, 2.75) is 19.3 Å². The quantitative estimate of drug-likeness (QED) is 0.178. The second kappa shape index (κ2) is 12.4. The van der Waals surface area contributed by atoms with E-state index in [4.69, 9.17) is 15.0 Å². The molecule has 0 amide bonds. The normalized spacial score (nSPS) is 13.0. The van der Waals surface area contributed by atoms with Crippen LogP contribution < -0.4 is 0 Å². The molecule has 4 nitrogen and oxygen atoms in total. The molecular weight excluding hydrogens is 681 g/mol. The molecule has 0 N–H and O–H groups in total. The fraction of sp³-hybridized carbons (Fsp3) is 0.0577. The van der Waals surface area contributed by atoms with Crippen LogP contribution in [0.4, 0.5) is 0 Å². The van der Waals surface area contributed by atoms with Gasteiger partial charge in [0.15, 0.2) is 17.5 Å². The molecule has 0 aliphatic heterocycles. The first-order chi connectivity index (χ1) is 27.5. The van der Waals surface area contributed by atoms with E-state index >= 15 is 0 Å². The highest BCUT2D eigenvalue weighted by Crippen LogP contribution is 2.50. The molecule has 1 aliphatic rings. The Morgan fingerprint density at radius 3 is 1.86 bits per heavy atom. The molecule has 0 unspecified atom stereocenters. The Balaban J connectivity index is 1.20. The minimum Gasteiger partial charge on any atom is -0.309 e. The molecule has 56 heavy (non-hydrogen) atoms. The van der Waals surface area contributed by atoms with Crippen molar-refractivity contribution >= 4 is 32.6 Å². The third-order valence-electron chi connectivity index (χ3n) is 11.6. The Hall–Kier alpha value is -7.17. The fourth-order valence-electron chi connectivity index (χ4n) is 8.93. The standard InChI is InChI=1S/C52H36N4/c1-52(2)43-26-13-11-24-40(43)41-29-28-37(31-44(41)52)50-53-49(34-18-7-4-8-19-34)54-51(55-50)48-39-23-10-9-20-36(39)32-46-47(48)42-25-12-14-27-45(42)56(46)38-22-15-21-35(30-38)33-16-5-3-6-17-33/h3-32H,1-2H3. The van der Waals surface area contributed by atoms with Crippen LogP contribution in [0.1, 0.15) is 25.0 Å². The number of para-hydroxylation sites is 1. The maximum atomic E-state index is 5.43. The largest absolute Gasteiger partial charge is 0.309 e. The van der Waals surface area contributed by atoms with Gasteiger partial charge < -0.3 is 4.57 Å². The second-order valence-corrected chi connectivity index (χ2v) is 15.2. The molecule has 0 atom stereocenters. The van der Waals surface area contributed by atoms with Gasteiger partial charge in [0.05, 0.1) is 11.0 Å². The minimum atomic E-state index is -0.151. The van der Waals surface area contributed by atoms with Gasteiger partial charge in [-0.1, -0.05) is 166 Å². The first kappa shape index (κ1) is 32.3. The molecule has 264 valence electrons. The molecule has 0 spiro atoms. The molecule has 0 saturated carbocycles. The maximum Gasteiger partial charge on any atom is 0.165 e. The maximum absolute atomic E-state index is 5.43. The van der Waals surface area contributed by atoms with Gasteiger partial charge in [-0.2, -0.15) is 0 Å². The summed E-state index contributed by atoms with van der Waals surface area (Å²) in [5.74, 6) is 1.96. The van der Waals surface area contributed by atoms with E-state index < -0.39 is 0 Å². The van der Waals surface area contributed by atoms with E-state index in [1.165, 1.54) is 33.4 Å². The van der Waals surface area contributed by atoms with Crippen molar-refractivity contribution in [1.82, 2.24) is 19.5 Å². The minimum absolute atomic E-state index is 0.151. The van der Waals surface area contributed by atoms with E-state index in [0.717, 1.165) is 55.0 Å². The number of rotatable bonds is 5. The van der Waals surface area contributed by atoms with Gasteiger partial charge in [-0.25, -0.2) is 15.0 Å². The molecule has 2 heterocycles. The van der Waals surface area contributed by atoms with E-state index in [1.807, 2.05) is 18.2 Å². The predicted molar refractivity (Wildman–Crippen MR) is 231 cm³/mol. The average molecular weight is 717 g/mol. The van der Waals surface area contributed by atoms with Crippen molar-refractivity contribution in [2.75, 3.05) is 0 Å². The summed E-state index contributed by atoms with van der Waals surface area (Å²) >= 11 is 0. The summed E-state index contributed by atoms with van der Waals surface area (Å²) in [5, 5.41) is 4.49. The van der Waals surface area contributed by atoms with Crippen molar-refractivity contribution in [3.8, 4) is 62.1 Å². The number of fused-ring (bicyclic) bond motifs is 7. The summed E-state index contributed by atoms with van der Waals surface area (Å²) in [7, 11) is 0. The van der Waals surface area contributed by atoms with E-state index in [0.29, 0.717) is 17.5 Å². The fourth-order valence-corrected chi connectivity index (χ4v) is 8.93. The Kier molecular flexibility index (Phi) is 7.17. The molecule has 0 radical (unpaired) electrons. The number of nitrogens with zero attached hydrogens (tertiary/aromatic N) is 4. The first-order valence-corrected chi connectivity index (χ1v) is 19.2. The molecule has 2 aromatic heterocycles. The molecule has 0 saturated heterocycles. The molecule has 0 fully saturated rings. The van der Waals surface area contributed by atoms with Crippen molar-refractivity contribution < 1.29 is 0 Å². The van der Waals surface area contributed by atoms with Crippen LogP contribution in [-0.2, 0) is 5.41 Å². The van der Waals surface area contributed by atoms with Gasteiger partial charge in [0.1, 0.15) is 0 Å². The van der Waals surface area contributed by atoms with Gasteiger partial charge in [0, 0.05) is 38.6 Å². The molecule has 8 aromatic carbocycles. The zero-order chi connectivity index (χ0) is 37.4. The molecule has 10 aromatic rings. The third kappa shape index (κ3) is 4.96. The van der Waals surface area contributed by atoms with Gasteiger partial charge in [-0.3, -0.25) is 0 Å². The average Bonchev–Trinajstić information content (AvgIpc) is 3.71. The Bertz CT molecular complexity index is 3160. The summed E-state index contributed by atoms with van der Waals surface area (Å²) in [4.78, 5) is 16.0. The van der Waals surface area contributed by atoms with Crippen LogP contribution in [0.2, 0.25) is 0 Å². The van der Waals surface area contributed by atoms with E-state index in [-0.39, 0.29) is 5.41 Å². The van der Waals surface area contributed by atoms with Crippen LogP contribution in [0, 0.1) is 0 Å². The van der Waals surface area contributed by atoms with Crippen LogP contribution in [0.3, 0.4) is 0 Å². The monoisotopic (exact) mass is 716 g/mol. The molecule has 4 heteroatoms. The molecular formula is C52H36N4. The Morgan fingerprint density at radius 1 is 0.411 bits per heavy atom. The second-order valence-electron chi connectivity index (χ2n) is 15.2. The topological polar surface area (TPSA) is 43.6 Å². The van der Waals surface area contributed by atoms with Gasteiger partial charge in [0.25, 0.3) is 0 Å². The zero-order valence-electron chi connectivity index (χ0n) is 31.1. The predicted octanol–water partition coefficient (Wildman–Crippen LogP) is 13.1. The molecule has 11 rings (SSSR count). The third-order valence-corrected chi connectivity index (χ3v) is 11.6. The van der Waals surface area contributed by atoms with Crippen LogP contribution >= 0.6 is 0 Å². The molecule has 1 aliphatic carbocycles. The summed E-state index contributed by atoms with van der Waals surface area (Å²) in [6.45, 7) is 4.63. The number of benzene rings is 8. The number of aromatic nitrogens is 4. The van der Waals surface area contributed by atoms with Crippen LogP contribution in [0.15, 0.2) is 182 Å². The first-order valence-electron chi connectivity index (χ1n) is 19.2. The summed E-state index contributed by atoms with van der Waals surface area (Å²) in [6, 6.07) is 64.8. The summed E-state index contributed by atoms with van der Waals surface area (Å²) in [6.07, 6.45) is 0. The smallest absolute Gasteiger partial charge is 0.165 e. The summed E-state index contributed by atoms with van der Waals surface area (Å²) in [5.41, 5.74) is 13.7. The lowest BCUT2D eigenvalue weighted by Crippen LogP contribution is -2.15. The van der Waals surface area contributed by atoms with Gasteiger partial charge in [-0.05, 0) is 74.5 Å². The van der Waals surface area contributed by atoms with E-state index in [1.54, 1.807) is 0 Å². The van der Waals surface area contributed by atoms with Crippen LogP contribution in [-0.4, -0.2) is 19.5 Å². The zero-order valence-corrected chi connectivity index (χ0v) is 31.1. The van der Waals surface area contributed by atoms with Crippen molar-refractivity contribution in [2.24, 2.45) is 0 Å². The van der Waals surface area contributed by atoms with Crippen molar-refractivity contribution in [3.05, 3.63) is 193 Å². The highest BCUT2D eigenvalue weighted by Gasteiger charge is 2.35. The lowest BCUT2D eigenvalue weighted by molar-refractivity contribution is 0.660. The van der Waals surface area contributed by atoms with Gasteiger partial charge in [0.2, 0.25) is 0 Å². The number of hydrogen-bond acceptors (Lipinski definition) is 3. The van der Waals surface area contributed by atoms with Crippen LogP contribution in [0.5, 0.6) is 0 Å². The lowest BCUT2D eigenvalue weighted by Gasteiger charge is -2.21. The van der Waals surface area contributed by atoms with Crippen molar-refractivity contribution in [1.29, 1.82) is 0 Å². The Labute approximate surface area is 325 Å². The van der Waals surface area contributed by atoms with Gasteiger partial charge in [-0.15, -0.1) is 0 Å². The highest BCUT2D eigenvalue weighted by atomic mass is 15.0. The van der Waals surface area contributed by atoms with Crippen LogP contribution in [0.25, 0.3) is 94.7 Å². The highest BCUT2D eigenvalue weighted by molar-refractivity contribution is 6.22. The van der Waals surface area contributed by atoms with Crippen molar-refractivity contribution in [3.63, 3.8) is 0 Å². The van der Waals surface area contributed by atoms with Gasteiger partial charge >= 0.3 is 0 Å². The lowest BCUT2D eigenvalue weighted by atomic mass is 9.82. The van der Waals surface area contributed by atoms with E-state index in [2.05, 4.69) is 182 Å².